The standard InChI is InChI=1S/C80H78BN3/c1-51-43-52(2)75-65(44-51)79(12)42-41-56-31-23-24-32-64(56)80(79,13)84(75)61-49-72-74-73(50-61)83(69-40-36-59(77(6,7)8)47-63(69)55-29-21-16-22-30-55)71-48-60(78(9,10)11)34-38-67(71)81(74)66-37-33-57(53-25-17-14-18-26-53)45-70(66)82(72)68-39-35-58(76(3,4)5)46-62(68)54-27-19-15-20-28-54/h14-40,43-50H,41-42H2,1-13H3. The molecule has 416 valence electrons. The van der Waals surface area contributed by atoms with Crippen LogP contribution in [0.5, 0.6) is 0 Å². The highest BCUT2D eigenvalue weighted by molar-refractivity contribution is 7.00. The van der Waals surface area contributed by atoms with Crippen LogP contribution in [0.15, 0.2) is 212 Å². The number of fused-ring (bicyclic) bond motifs is 9. The smallest absolute Gasteiger partial charge is 0.252 e. The molecule has 0 saturated carbocycles. The molecular formula is C80H78BN3. The summed E-state index contributed by atoms with van der Waals surface area (Å²) in [6.45, 7) is 30.8. The SMILES string of the molecule is Cc1cc(C)c2c(c1)C1(C)CCc3ccccc3C1(C)N2c1cc2c3c(c1)N(c1ccc(C(C)(C)C)cc1-c1ccccc1)c1cc(C(C)(C)C)ccc1B3c1ccc(-c3ccccc3)cc1N2c1ccc(C(C)(C)C)cc1-c1ccccc1. The van der Waals surface area contributed by atoms with Crippen molar-refractivity contribution < 1.29 is 0 Å². The minimum Gasteiger partial charge on any atom is -0.330 e. The fraction of sp³-hybridized carbons (Fsp3) is 0.250. The molecule has 0 N–H and O–H groups in total. The highest BCUT2D eigenvalue weighted by Gasteiger charge is 2.61. The van der Waals surface area contributed by atoms with Crippen LogP contribution in [-0.4, -0.2) is 6.71 Å². The van der Waals surface area contributed by atoms with Crippen molar-refractivity contribution in [2.24, 2.45) is 0 Å². The van der Waals surface area contributed by atoms with Gasteiger partial charge in [-0.1, -0.05) is 239 Å². The summed E-state index contributed by atoms with van der Waals surface area (Å²) in [5.74, 6) is 0. The zero-order valence-electron chi connectivity index (χ0n) is 51.5. The Morgan fingerprint density at radius 2 is 0.881 bits per heavy atom. The van der Waals surface area contributed by atoms with Gasteiger partial charge in [-0.2, -0.15) is 0 Å². The lowest BCUT2D eigenvalue weighted by atomic mass is 9.33. The third-order valence-corrected chi connectivity index (χ3v) is 19.9. The number of benzene rings is 10. The molecule has 2 unspecified atom stereocenters. The van der Waals surface area contributed by atoms with E-state index in [0.29, 0.717) is 0 Å². The van der Waals surface area contributed by atoms with Gasteiger partial charge in [0.2, 0.25) is 0 Å². The Balaban J connectivity index is 1.18. The lowest BCUT2D eigenvalue weighted by molar-refractivity contribution is 0.245. The van der Waals surface area contributed by atoms with E-state index in [-0.39, 0.29) is 28.4 Å². The summed E-state index contributed by atoms with van der Waals surface area (Å²) in [6, 6.07) is 82.4. The Labute approximate surface area is 500 Å². The average molecular weight is 1090 g/mol. The Bertz CT molecular complexity index is 4270. The van der Waals surface area contributed by atoms with Crippen molar-refractivity contribution in [3.8, 4) is 33.4 Å². The van der Waals surface area contributed by atoms with E-state index in [4.69, 9.17) is 0 Å². The number of hydrogen-bond acceptors (Lipinski definition) is 3. The Kier molecular flexibility index (Phi) is 12.2. The van der Waals surface area contributed by atoms with E-state index in [1.165, 1.54) is 134 Å². The molecule has 4 aliphatic rings. The monoisotopic (exact) mass is 1090 g/mol. The molecule has 0 fully saturated rings. The summed E-state index contributed by atoms with van der Waals surface area (Å²) < 4.78 is 0. The zero-order valence-corrected chi connectivity index (χ0v) is 51.5. The Morgan fingerprint density at radius 1 is 0.405 bits per heavy atom. The van der Waals surface area contributed by atoms with Crippen molar-refractivity contribution >= 4 is 68.6 Å². The molecular weight excluding hydrogens is 1010 g/mol. The van der Waals surface area contributed by atoms with Crippen LogP contribution < -0.4 is 31.1 Å². The third-order valence-electron chi connectivity index (χ3n) is 19.9. The first-order chi connectivity index (χ1) is 40.1. The summed E-state index contributed by atoms with van der Waals surface area (Å²) >= 11 is 0. The van der Waals surface area contributed by atoms with Gasteiger partial charge in [-0.15, -0.1) is 0 Å². The summed E-state index contributed by atoms with van der Waals surface area (Å²) in [5.41, 5.74) is 30.7. The fourth-order valence-corrected chi connectivity index (χ4v) is 15.2. The van der Waals surface area contributed by atoms with Gasteiger partial charge in [0.05, 0.1) is 16.9 Å². The van der Waals surface area contributed by atoms with Crippen molar-refractivity contribution in [3.05, 3.63) is 257 Å². The molecule has 84 heavy (non-hydrogen) atoms. The first kappa shape index (κ1) is 53.7. The Morgan fingerprint density at radius 3 is 1.43 bits per heavy atom. The molecule has 0 amide bonds. The summed E-state index contributed by atoms with van der Waals surface area (Å²) in [5, 5.41) is 0. The van der Waals surface area contributed by atoms with E-state index >= 15 is 0 Å². The van der Waals surface area contributed by atoms with Crippen molar-refractivity contribution in [1.29, 1.82) is 0 Å². The van der Waals surface area contributed by atoms with Crippen LogP contribution in [0, 0.1) is 13.8 Å². The molecule has 0 radical (unpaired) electrons. The average Bonchev–Trinajstić information content (AvgIpc) is 1.37. The topological polar surface area (TPSA) is 9.72 Å². The third kappa shape index (κ3) is 8.21. The van der Waals surface area contributed by atoms with E-state index in [0.717, 1.165) is 18.5 Å². The molecule has 10 aromatic carbocycles. The Hall–Kier alpha value is -8.34. The highest BCUT2D eigenvalue weighted by atomic mass is 15.3. The van der Waals surface area contributed by atoms with E-state index in [9.17, 15) is 0 Å². The van der Waals surface area contributed by atoms with Crippen molar-refractivity contribution in [2.75, 3.05) is 14.7 Å². The van der Waals surface area contributed by atoms with Crippen molar-refractivity contribution in [1.82, 2.24) is 0 Å². The van der Waals surface area contributed by atoms with Crippen LogP contribution in [0.1, 0.15) is 127 Å². The van der Waals surface area contributed by atoms with E-state index in [1.54, 1.807) is 0 Å². The molecule has 1 aliphatic carbocycles. The number of rotatable bonds is 6. The van der Waals surface area contributed by atoms with Gasteiger partial charge in [0.1, 0.15) is 0 Å². The van der Waals surface area contributed by atoms with Gasteiger partial charge in [0, 0.05) is 50.7 Å². The van der Waals surface area contributed by atoms with Gasteiger partial charge in [-0.3, -0.25) is 0 Å². The molecule has 3 nitrogen and oxygen atoms in total. The first-order valence-corrected chi connectivity index (χ1v) is 30.7. The van der Waals surface area contributed by atoms with Crippen LogP contribution in [0.4, 0.5) is 45.5 Å². The molecule has 3 aliphatic heterocycles. The van der Waals surface area contributed by atoms with Crippen LogP contribution in [-0.2, 0) is 33.6 Å². The number of anilines is 8. The largest absolute Gasteiger partial charge is 0.330 e. The quantitative estimate of drug-likeness (QED) is 0.154. The lowest BCUT2D eigenvalue weighted by Crippen LogP contribution is -2.61. The van der Waals surface area contributed by atoms with Gasteiger partial charge >= 0.3 is 0 Å². The maximum Gasteiger partial charge on any atom is 0.252 e. The van der Waals surface area contributed by atoms with E-state index < -0.39 is 5.54 Å². The van der Waals surface area contributed by atoms with Gasteiger partial charge in [0.25, 0.3) is 6.71 Å². The normalized spacial score (nSPS) is 17.7. The molecule has 0 spiro atoms. The van der Waals surface area contributed by atoms with Crippen LogP contribution in [0.25, 0.3) is 33.4 Å². The predicted octanol–water partition coefficient (Wildman–Crippen LogP) is 19.6. The summed E-state index contributed by atoms with van der Waals surface area (Å²) in [6.07, 6.45) is 2.08. The summed E-state index contributed by atoms with van der Waals surface area (Å²) in [7, 11) is 0. The second-order valence-corrected chi connectivity index (χ2v) is 28.2. The molecule has 2 atom stereocenters. The number of hydrogen-bond donors (Lipinski definition) is 0. The van der Waals surface area contributed by atoms with E-state index in [2.05, 4.69) is 317 Å². The lowest BCUT2D eigenvalue weighted by Gasteiger charge is -2.52. The van der Waals surface area contributed by atoms with Crippen molar-refractivity contribution in [3.63, 3.8) is 0 Å². The zero-order chi connectivity index (χ0) is 58.4. The minimum atomic E-state index is -0.453. The maximum atomic E-state index is 2.83. The molecule has 10 aromatic rings. The minimum absolute atomic E-state index is 0.0784. The molecule has 3 heterocycles. The fourth-order valence-electron chi connectivity index (χ4n) is 15.2. The van der Waals surface area contributed by atoms with Crippen molar-refractivity contribution in [2.45, 2.75) is 130 Å². The second kappa shape index (κ2) is 19.1. The van der Waals surface area contributed by atoms with Gasteiger partial charge in [0.15, 0.2) is 0 Å². The van der Waals surface area contributed by atoms with Gasteiger partial charge in [-0.25, -0.2) is 0 Å². The van der Waals surface area contributed by atoms with Gasteiger partial charge in [-0.05, 0) is 176 Å². The molecule has 4 heteroatoms. The van der Waals surface area contributed by atoms with Gasteiger partial charge < -0.3 is 14.7 Å². The first-order valence-electron chi connectivity index (χ1n) is 30.7. The van der Waals surface area contributed by atoms with E-state index in [1.807, 2.05) is 0 Å². The number of aryl methyl sites for hydroxylation is 3. The highest BCUT2D eigenvalue weighted by Crippen LogP contribution is 2.65. The molecule has 14 rings (SSSR count). The predicted molar refractivity (Wildman–Crippen MR) is 360 cm³/mol. The maximum absolute atomic E-state index is 2.83. The molecule has 0 saturated heterocycles. The van der Waals surface area contributed by atoms with Crippen LogP contribution >= 0.6 is 0 Å². The molecule has 0 aromatic heterocycles. The van der Waals surface area contributed by atoms with Crippen LogP contribution in [0.3, 0.4) is 0 Å². The second-order valence-electron chi connectivity index (χ2n) is 28.2. The summed E-state index contributed by atoms with van der Waals surface area (Å²) in [4.78, 5) is 8.23. The number of nitrogens with zero attached hydrogens (tertiary/aromatic N) is 3. The van der Waals surface area contributed by atoms with Crippen LogP contribution in [0.2, 0.25) is 0 Å². The molecule has 0 bridgehead atoms.